The fourth-order valence-corrected chi connectivity index (χ4v) is 2.62. The summed E-state index contributed by atoms with van der Waals surface area (Å²) in [6, 6.07) is 10.8. The molecule has 3 rings (SSSR count). The van der Waals surface area contributed by atoms with Gasteiger partial charge in [0, 0.05) is 12.5 Å². The first-order chi connectivity index (χ1) is 9.33. The Morgan fingerprint density at radius 3 is 2.05 bits per heavy atom. The zero-order valence-electron chi connectivity index (χ0n) is 11.6. The van der Waals surface area contributed by atoms with Gasteiger partial charge in [-0.15, -0.1) is 12.3 Å². The Morgan fingerprint density at radius 2 is 1.63 bits per heavy atom. The van der Waals surface area contributed by atoms with E-state index in [1.54, 1.807) is 0 Å². The maximum atomic E-state index is 8.21. The topological polar surface area (TPSA) is 20.2 Å². The molecule has 0 saturated heterocycles. The molecule has 0 spiro atoms. The first-order valence-corrected chi connectivity index (χ1v) is 7.45. The molecule has 1 N–H and O–H groups in total. The Morgan fingerprint density at radius 1 is 1.00 bits per heavy atom. The third-order valence-corrected chi connectivity index (χ3v) is 4.19. The molecule has 102 valence electrons. The average molecular weight is 256 g/mol. The summed E-state index contributed by atoms with van der Waals surface area (Å²) in [5, 5.41) is 8.21. The lowest BCUT2D eigenvalue weighted by Crippen LogP contribution is -2.11. The van der Waals surface area contributed by atoms with Crippen LogP contribution in [0.5, 0.6) is 0 Å². The van der Waals surface area contributed by atoms with Crippen molar-refractivity contribution in [1.82, 2.24) is 0 Å². The molecule has 0 heterocycles. The largest absolute Gasteiger partial charge is 0.396 e. The van der Waals surface area contributed by atoms with Gasteiger partial charge in [0.15, 0.2) is 0 Å². The first kappa shape index (κ1) is 14.2. The molecule has 0 aromatic heterocycles. The molecule has 0 bridgehead atoms. The number of aliphatic hydroxyl groups is 1. The minimum Gasteiger partial charge on any atom is -0.396 e. The molecule has 1 aromatic carbocycles. The molecule has 19 heavy (non-hydrogen) atoms. The van der Waals surface area contributed by atoms with E-state index in [1.807, 2.05) is 0 Å². The number of benzene rings is 1. The summed E-state index contributed by atoms with van der Waals surface area (Å²) in [5.74, 6) is 4.85. The van der Waals surface area contributed by atoms with Gasteiger partial charge in [0.2, 0.25) is 0 Å². The standard InChI is InChI=1S/C14H16.C4H8O/c1-2-12-8-10-14(11-9-12)13-6-4-3-5-7-13;5-3-4-1-2-4/h1,3-7,12,14H,8-11H2;4-5H,1-3H2. The van der Waals surface area contributed by atoms with Gasteiger partial charge in [-0.2, -0.15) is 0 Å². The van der Waals surface area contributed by atoms with E-state index in [-0.39, 0.29) is 0 Å². The Bertz CT molecular complexity index is 391. The highest BCUT2D eigenvalue weighted by Gasteiger charge is 2.20. The molecule has 0 unspecified atom stereocenters. The lowest BCUT2D eigenvalue weighted by atomic mass is 9.79. The third-order valence-electron chi connectivity index (χ3n) is 4.19. The van der Waals surface area contributed by atoms with Gasteiger partial charge >= 0.3 is 0 Å². The van der Waals surface area contributed by atoms with E-state index in [9.17, 15) is 0 Å². The summed E-state index contributed by atoms with van der Waals surface area (Å²) in [4.78, 5) is 0. The number of hydrogen-bond donors (Lipinski definition) is 1. The van der Waals surface area contributed by atoms with Crippen molar-refractivity contribution >= 4 is 0 Å². The molecule has 1 nitrogen and oxygen atoms in total. The van der Waals surface area contributed by atoms with Crippen LogP contribution in [0.15, 0.2) is 30.3 Å². The average Bonchev–Trinajstić information content (AvgIpc) is 3.33. The molecule has 2 aliphatic carbocycles. The second-order valence-corrected chi connectivity index (χ2v) is 5.75. The van der Waals surface area contributed by atoms with Crippen LogP contribution in [0.25, 0.3) is 0 Å². The van der Waals surface area contributed by atoms with Crippen LogP contribution >= 0.6 is 0 Å². The minimum atomic E-state index is 0.417. The van der Waals surface area contributed by atoms with E-state index < -0.39 is 0 Å². The second-order valence-electron chi connectivity index (χ2n) is 5.75. The Labute approximate surface area is 117 Å². The SMILES string of the molecule is C#CC1CCC(c2ccccc2)CC1.OCC1CC1. The van der Waals surface area contributed by atoms with Crippen LogP contribution in [0.2, 0.25) is 0 Å². The van der Waals surface area contributed by atoms with Gasteiger partial charge in [0.25, 0.3) is 0 Å². The number of rotatable bonds is 2. The molecule has 0 aliphatic heterocycles. The van der Waals surface area contributed by atoms with Crippen molar-refractivity contribution in [3.05, 3.63) is 35.9 Å². The maximum Gasteiger partial charge on any atom is 0.0459 e. The number of terminal acetylenes is 1. The zero-order valence-corrected chi connectivity index (χ0v) is 11.6. The Kier molecular flexibility index (Phi) is 5.48. The monoisotopic (exact) mass is 256 g/mol. The summed E-state index contributed by atoms with van der Waals surface area (Å²) in [6.07, 6.45) is 12.9. The molecule has 0 atom stereocenters. The van der Waals surface area contributed by atoms with E-state index >= 15 is 0 Å². The van der Waals surface area contributed by atoms with Gasteiger partial charge in [-0.25, -0.2) is 0 Å². The fraction of sp³-hybridized carbons (Fsp3) is 0.556. The van der Waals surface area contributed by atoms with Crippen molar-refractivity contribution in [3.63, 3.8) is 0 Å². The summed E-state index contributed by atoms with van der Waals surface area (Å²) in [6.45, 7) is 0.417. The van der Waals surface area contributed by atoms with Crippen molar-refractivity contribution in [2.45, 2.75) is 44.4 Å². The summed E-state index contributed by atoms with van der Waals surface area (Å²) in [7, 11) is 0. The van der Waals surface area contributed by atoms with Crippen molar-refractivity contribution in [2.75, 3.05) is 6.61 Å². The third kappa shape index (κ3) is 4.73. The van der Waals surface area contributed by atoms with Crippen LogP contribution in [-0.2, 0) is 0 Å². The lowest BCUT2D eigenvalue weighted by molar-refractivity contribution is 0.277. The van der Waals surface area contributed by atoms with Gasteiger partial charge in [0.1, 0.15) is 0 Å². The highest BCUT2D eigenvalue weighted by Crippen LogP contribution is 2.35. The smallest absolute Gasteiger partial charge is 0.0459 e. The van der Waals surface area contributed by atoms with Gasteiger partial charge in [0.05, 0.1) is 0 Å². The molecule has 2 saturated carbocycles. The lowest BCUT2D eigenvalue weighted by Gasteiger charge is -2.25. The minimum absolute atomic E-state index is 0.417. The van der Waals surface area contributed by atoms with Crippen LogP contribution in [0, 0.1) is 24.2 Å². The second kappa shape index (κ2) is 7.36. The van der Waals surface area contributed by atoms with E-state index in [0.29, 0.717) is 18.4 Å². The molecule has 1 heteroatoms. The molecule has 0 amide bonds. The predicted octanol–water partition coefficient (Wildman–Crippen LogP) is 3.98. The van der Waals surface area contributed by atoms with Gasteiger partial charge in [-0.05, 0) is 55.9 Å². The van der Waals surface area contributed by atoms with Crippen LogP contribution < -0.4 is 0 Å². The predicted molar refractivity (Wildman–Crippen MR) is 79.8 cm³/mol. The normalized spacial score (nSPS) is 25.9. The molecular weight excluding hydrogens is 232 g/mol. The van der Waals surface area contributed by atoms with Gasteiger partial charge < -0.3 is 5.11 Å². The summed E-state index contributed by atoms with van der Waals surface area (Å²) >= 11 is 0. The van der Waals surface area contributed by atoms with Crippen molar-refractivity contribution in [2.24, 2.45) is 11.8 Å². The quantitative estimate of drug-likeness (QED) is 0.793. The maximum absolute atomic E-state index is 8.21. The zero-order chi connectivity index (χ0) is 13.5. The van der Waals surface area contributed by atoms with Crippen molar-refractivity contribution < 1.29 is 5.11 Å². The Balaban J connectivity index is 0.000000224. The Hall–Kier alpha value is -1.26. The highest BCUT2D eigenvalue weighted by atomic mass is 16.3. The van der Waals surface area contributed by atoms with E-state index in [2.05, 4.69) is 36.3 Å². The van der Waals surface area contributed by atoms with E-state index in [4.69, 9.17) is 11.5 Å². The van der Waals surface area contributed by atoms with Crippen LogP contribution in [0.3, 0.4) is 0 Å². The van der Waals surface area contributed by atoms with Crippen LogP contribution in [0.4, 0.5) is 0 Å². The molecular formula is C18H24O. The number of aliphatic hydroxyl groups excluding tert-OH is 1. The highest BCUT2D eigenvalue weighted by molar-refractivity contribution is 5.20. The molecule has 2 fully saturated rings. The van der Waals surface area contributed by atoms with Crippen LogP contribution in [-0.4, -0.2) is 11.7 Å². The van der Waals surface area contributed by atoms with Crippen LogP contribution in [0.1, 0.15) is 50.0 Å². The van der Waals surface area contributed by atoms with Gasteiger partial charge in [-0.1, -0.05) is 30.3 Å². The van der Waals surface area contributed by atoms with Crippen molar-refractivity contribution in [1.29, 1.82) is 0 Å². The summed E-state index contributed by atoms with van der Waals surface area (Å²) < 4.78 is 0. The molecule has 0 radical (unpaired) electrons. The van der Waals surface area contributed by atoms with Gasteiger partial charge in [-0.3, -0.25) is 0 Å². The first-order valence-electron chi connectivity index (χ1n) is 7.45. The summed E-state index contributed by atoms with van der Waals surface area (Å²) in [5.41, 5.74) is 1.49. The number of hydrogen-bond acceptors (Lipinski definition) is 1. The fourth-order valence-electron chi connectivity index (χ4n) is 2.62. The van der Waals surface area contributed by atoms with E-state index in [0.717, 1.165) is 5.92 Å². The molecule has 1 aromatic rings. The van der Waals surface area contributed by atoms with E-state index in [1.165, 1.54) is 44.1 Å². The van der Waals surface area contributed by atoms with Crippen molar-refractivity contribution in [3.8, 4) is 12.3 Å². The molecule has 2 aliphatic rings.